The fourth-order valence-electron chi connectivity index (χ4n) is 2.70. The summed E-state index contributed by atoms with van der Waals surface area (Å²) in [6.07, 6.45) is -0.282. The molecule has 8 heteroatoms. The van der Waals surface area contributed by atoms with Gasteiger partial charge in [0.05, 0.1) is 11.5 Å². The fourth-order valence-corrected chi connectivity index (χ4v) is 2.70. The number of nitro benzene ring substituents is 1. The lowest BCUT2D eigenvalue weighted by atomic mass is 10.1. The van der Waals surface area contributed by atoms with E-state index in [1.165, 1.54) is 18.2 Å². The number of nitrogens with zero attached hydrogens (tertiary/aromatic N) is 2. The van der Waals surface area contributed by atoms with Gasteiger partial charge in [0.2, 0.25) is 5.91 Å². The van der Waals surface area contributed by atoms with E-state index in [2.05, 4.69) is 0 Å². The number of carbonyl (C=O) groups is 1. The van der Waals surface area contributed by atoms with Gasteiger partial charge in [0.1, 0.15) is 12.3 Å². The van der Waals surface area contributed by atoms with Crippen LogP contribution in [0.1, 0.15) is 10.4 Å². The zero-order valence-corrected chi connectivity index (χ0v) is 13.5. The first-order valence-corrected chi connectivity index (χ1v) is 7.63. The number of amides is 1. The van der Waals surface area contributed by atoms with Gasteiger partial charge < -0.3 is 20.1 Å². The van der Waals surface area contributed by atoms with Gasteiger partial charge in [-0.1, -0.05) is 12.1 Å². The topological polar surface area (TPSA) is 108 Å². The number of hydrogen-bond acceptors (Lipinski definition) is 6. The highest BCUT2D eigenvalue weighted by atomic mass is 16.6. The Bertz CT molecular complexity index is 824. The lowest BCUT2D eigenvalue weighted by Gasteiger charge is -2.30. The highest BCUT2D eigenvalue weighted by molar-refractivity contribution is 5.94. The molecule has 8 nitrogen and oxygen atoms in total. The van der Waals surface area contributed by atoms with Gasteiger partial charge in [-0.3, -0.25) is 14.9 Å². The van der Waals surface area contributed by atoms with Crippen molar-refractivity contribution in [2.75, 3.05) is 25.1 Å². The van der Waals surface area contributed by atoms with Crippen LogP contribution >= 0.6 is 0 Å². The third-order valence-electron chi connectivity index (χ3n) is 3.91. The largest absolute Gasteiger partial charge is 0.486 e. The molecule has 0 spiro atoms. The number of anilines is 1. The lowest BCUT2D eigenvalue weighted by molar-refractivity contribution is -0.384. The molecule has 0 bridgehead atoms. The van der Waals surface area contributed by atoms with Gasteiger partial charge in [-0.15, -0.1) is 0 Å². The van der Waals surface area contributed by atoms with E-state index in [1.807, 2.05) is 24.3 Å². The molecule has 1 aliphatic rings. The maximum Gasteiger partial charge on any atom is 0.293 e. The summed E-state index contributed by atoms with van der Waals surface area (Å²) in [6, 6.07) is 11.5. The zero-order chi connectivity index (χ0) is 18.0. The monoisotopic (exact) mass is 343 g/mol. The number of likely N-dealkylation sites (N-methyl/N-ethyl adjacent to an activating group) is 1. The lowest BCUT2D eigenvalue weighted by Crippen LogP contribution is -2.39. The minimum atomic E-state index is -0.710. The smallest absolute Gasteiger partial charge is 0.293 e. The number of carbonyl (C=O) groups excluding carboxylic acids is 1. The van der Waals surface area contributed by atoms with Gasteiger partial charge >= 0.3 is 0 Å². The van der Waals surface area contributed by atoms with Crippen LogP contribution in [0.4, 0.5) is 11.4 Å². The molecule has 25 heavy (non-hydrogen) atoms. The molecule has 1 aliphatic heterocycles. The maximum absolute atomic E-state index is 11.3. The molecule has 2 aromatic rings. The summed E-state index contributed by atoms with van der Waals surface area (Å²) in [5, 5.41) is 11.3. The molecule has 0 fully saturated rings. The first kappa shape index (κ1) is 16.6. The Morgan fingerprint density at radius 3 is 2.72 bits per heavy atom. The van der Waals surface area contributed by atoms with Gasteiger partial charge in [-0.05, 0) is 24.3 Å². The number of rotatable bonds is 5. The van der Waals surface area contributed by atoms with Crippen molar-refractivity contribution >= 4 is 17.3 Å². The van der Waals surface area contributed by atoms with E-state index in [4.69, 9.17) is 15.2 Å². The predicted molar refractivity (Wildman–Crippen MR) is 91.2 cm³/mol. The summed E-state index contributed by atoms with van der Waals surface area (Å²) in [7, 11) is 1.72. The summed E-state index contributed by atoms with van der Waals surface area (Å²) < 4.78 is 11.5. The molecule has 0 saturated carbocycles. The summed E-state index contributed by atoms with van der Waals surface area (Å²) in [5.74, 6) is 0.613. The van der Waals surface area contributed by atoms with E-state index in [0.717, 1.165) is 0 Å². The number of nitro groups is 1. The van der Waals surface area contributed by atoms with Crippen molar-refractivity contribution < 1.29 is 19.2 Å². The van der Waals surface area contributed by atoms with Gasteiger partial charge in [0.25, 0.3) is 5.69 Å². The number of para-hydroxylation sites is 2. The van der Waals surface area contributed by atoms with Crippen LogP contribution in [0.15, 0.2) is 42.5 Å². The number of ether oxygens (including phenoxy) is 2. The van der Waals surface area contributed by atoms with Crippen LogP contribution in [0.25, 0.3) is 0 Å². The van der Waals surface area contributed by atoms with Crippen LogP contribution in [0.2, 0.25) is 0 Å². The highest BCUT2D eigenvalue weighted by Crippen LogP contribution is 2.32. The van der Waals surface area contributed by atoms with Gasteiger partial charge in [0, 0.05) is 18.7 Å². The quantitative estimate of drug-likeness (QED) is 0.657. The molecule has 1 unspecified atom stereocenters. The number of hydrogen-bond donors (Lipinski definition) is 1. The summed E-state index contributed by atoms with van der Waals surface area (Å²) in [4.78, 5) is 23.7. The van der Waals surface area contributed by atoms with Crippen molar-refractivity contribution in [2.45, 2.75) is 6.10 Å². The molecule has 0 saturated heterocycles. The van der Waals surface area contributed by atoms with E-state index >= 15 is 0 Å². The zero-order valence-electron chi connectivity index (χ0n) is 13.5. The second kappa shape index (κ2) is 6.68. The molecule has 1 heterocycles. The van der Waals surface area contributed by atoms with Crippen LogP contribution in [0.5, 0.6) is 11.5 Å². The second-order valence-corrected chi connectivity index (χ2v) is 5.70. The number of fused-ring (bicyclic) bond motifs is 1. The number of benzene rings is 2. The molecule has 2 aromatic carbocycles. The van der Waals surface area contributed by atoms with E-state index in [0.29, 0.717) is 30.3 Å². The molecular weight excluding hydrogens is 326 g/mol. The average molecular weight is 343 g/mol. The van der Waals surface area contributed by atoms with E-state index in [1.54, 1.807) is 11.9 Å². The Balaban J connectivity index is 1.79. The van der Waals surface area contributed by atoms with Crippen molar-refractivity contribution in [3.05, 3.63) is 58.1 Å². The second-order valence-electron chi connectivity index (χ2n) is 5.70. The Kier molecular flexibility index (Phi) is 4.42. The molecule has 1 amide bonds. The number of nitrogens with two attached hydrogens (primary N) is 1. The Morgan fingerprint density at radius 1 is 1.32 bits per heavy atom. The highest BCUT2D eigenvalue weighted by Gasteiger charge is 2.25. The van der Waals surface area contributed by atoms with Crippen LogP contribution < -0.4 is 20.1 Å². The maximum atomic E-state index is 11.3. The molecule has 1 atom stereocenters. The van der Waals surface area contributed by atoms with E-state index < -0.39 is 10.8 Å². The van der Waals surface area contributed by atoms with Gasteiger partial charge in [-0.2, -0.15) is 0 Å². The Morgan fingerprint density at radius 2 is 2.04 bits per heavy atom. The van der Waals surface area contributed by atoms with Crippen LogP contribution in [-0.2, 0) is 0 Å². The molecule has 0 aromatic heterocycles. The Labute approximate surface area is 143 Å². The summed E-state index contributed by atoms with van der Waals surface area (Å²) >= 11 is 0. The Hall–Kier alpha value is -3.29. The predicted octanol–water partition coefficient (Wildman–Crippen LogP) is 1.97. The van der Waals surface area contributed by atoms with Crippen molar-refractivity contribution in [3.8, 4) is 11.5 Å². The molecule has 3 rings (SSSR count). The van der Waals surface area contributed by atoms with E-state index in [-0.39, 0.29) is 17.4 Å². The summed E-state index contributed by atoms with van der Waals surface area (Å²) in [5.41, 5.74) is 5.47. The van der Waals surface area contributed by atoms with Crippen LogP contribution in [-0.4, -0.2) is 37.1 Å². The standard InChI is InChI=1S/C17H17N3O5/c1-19(9-12-10-24-15-4-2-3-5-16(15)25-12)13-7-6-11(17(18)21)8-14(13)20(22)23/h2-8,12H,9-10H2,1H3,(H2,18,21). The minimum absolute atomic E-state index is 0.0926. The molecular formula is C17H17N3O5. The first-order valence-electron chi connectivity index (χ1n) is 7.63. The molecule has 2 N–H and O–H groups in total. The third kappa shape index (κ3) is 3.47. The molecule has 0 aliphatic carbocycles. The van der Waals surface area contributed by atoms with Crippen molar-refractivity contribution in [1.82, 2.24) is 0 Å². The third-order valence-corrected chi connectivity index (χ3v) is 3.91. The van der Waals surface area contributed by atoms with Crippen LogP contribution in [0.3, 0.4) is 0 Å². The SMILES string of the molecule is CN(CC1COc2ccccc2O1)c1ccc(C(N)=O)cc1[N+](=O)[O-]. The van der Waals surface area contributed by atoms with Gasteiger partial charge in [-0.25, -0.2) is 0 Å². The first-order chi connectivity index (χ1) is 12.0. The van der Waals surface area contributed by atoms with Crippen molar-refractivity contribution in [1.29, 1.82) is 0 Å². The molecule has 130 valence electrons. The minimum Gasteiger partial charge on any atom is -0.486 e. The fraction of sp³-hybridized carbons (Fsp3) is 0.235. The van der Waals surface area contributed by atoms with Crippen LogP contribution in [0, 0.1) is 10.1 Å². The van der Waals surface area contributed by atoms with Crippen molar-refractivity contribution in [2.24, 2.45) is 5.73 Å². The van der Waals surface area contributed by atoms with Gasteiger partial charge in [0.15, 0.2) is 17.6 Å². The average Bonchev–Trinajstić information content (AvgIpc) is 2.60. The molecule has 0 radical (unpaired) electrons. The van der Waals surface area contributed by atoms with Crippen molar-refractivity contribution in [3.63, 3.8) is 0 Å². The normalized spacial score (nSPS) is 15.5. The van der Waals surface area contributed by atoms with E-state index in [9.17, 15) is 14.9 Å². The number of primary amides is 1. The summed E-state index contributed by atoms with van der Waals surface area (Å²) in [6.45, 7) is 0.722.